The summed E-state index contributed by atoms with van der Waals surface area (Å²) < 4.78 is 12.4. The standard InChI is InChI=1S/C17H23BrO3/c1-5-20-14-9-12(18)11-7-8-17(3,4)10-13(19)15(11)16(14)21-6-2/h9H,5-8,10H2,1-4H3. The molecule has 0 bridgehead atoms. The highest BCUT2D eigenvalue weighted by atomic mass is 79.9. The van der Waals surface area contributed by atoms with Gasteiger partial charge in [-0.15, -0.1) is 0 Å². The van der Waals surface area contributed by atoms with Gasteiger partial charge in [-0.25, -0.2) is 0 Å². The maximum absolute atomic E-state index is 12.8. The molecule has 2 rings (SSSR count). The lowest BCUT2D eigenvalue weighted by atomic mass is 9.84. The molecule has 0 spiro atoms. The van der Waals surface area contributed by atoms with Crippen LogP contribution in [-0.4, -0.2) is 19.0 Å². The van der Waals surface area contributed by atoms with Gasteiger partial charge < -0.3 is 9.47 Å². The monoisotopic (exact) mass is 354 g/mol. The summed E-state index contributed by atoms with van der Waals surface area (Å²) >= 11 is 3.60. The lowest BCUT2D eigenvalue weighted by molar-refractivity contribution is 0.0930. The van der Waals surface area contributed by atoms with Gasteiger partial charge in [-0.1, -0.05) is 29.8 Å². The molecule has 1 aromatic carbocycles. The number of hydrogen-bond donors (Lipinski definition) is 0. The minimum Gasteiger partial charge on any atom is -0.490 e. The van der Waals surface area contributed by atoms with E-state index >= 15 is 0 Å². The Morgan fingerprint density at radius 3 is 2.52 bits per heavy atom. The van der Waals surface area contributed by atoms with Gasteiger partial charge in [0.05, 0.1) is 18.8 Å². The summed E-state index contributed by atoms with van der Waals surface area (Å²) in [6.07, 6.45) is 2.41. The third kappa shape index (κ3) is 3.42. The molecule has 1 aromatic rings. The van der Waals surface area contributed by atoms with Crippen molar-refractivity contribution >= 4 is 21.7 Å². The Balaban J connectivity index is 2.62. The van der Waals surface area contributed by atoms with Crippen molar-refractivity contribution in [2.75, 3.05) is 13.2 Å². The van der Waals surface area contributed by atoms with Crippen molar-refractivity contribution in [2.24, 2.45) is 5.41 Å². The molecule has 0 N–H and O–H groups in total. The molecule has 0 amide bonds. The van der Waals surface area contributed by atoms with Gasteiger partial charge >= 0.3 is 0 Å². The summed E-state index contributed by atoms with van der Waals surface area (Å²) in [6.45, 7) is 9.22. The van der Waals surface area contributed by atoms with Crippen LogP contribution in [0.1, 0.15) is 56.5 Å². The zero-order valence-corrected chi connectivity index (χ0v) is 14.8. The van der Waals surface area contributed by atoms with Crippen LogP contribution in [-0.2, 0) is 6.42 Å². The number of hydrogen-bond acceptors (Lipinski definition) is 3. The molecular weight excluding hydrogens is 332 g/mol. The molecule has 0 unspecified atom stereocenters. The summed E-state index contributed by atoms with van der Waals surface area (Å²) in [6, 6.07) is 1.93. The van der Waals surface area contributed by atoms with Crippen LogP contribution in [0.5, 0.6) is 11.5 Å². The van der Waals surface area contributed by atoms with E-state index in [1.807, 2.05) is 19.9 Å². The van der Waals surface area contributed by atoms with E-state index in [9.17, 15) is 4.79 Å². The molecule has 116 valence electrons. The number of ether oxygens (including phenoxy) is 2. The molecule has 0 radical (unpaired) electrons. The Hall–Kier alpha value is -1.03. The van der Waals surface area contributed by atoms with Gasteiger partial charge in [0, 0.05) is 10.9 Å². The lowest BCUT2D eigenvalue weighted by Crippen LogP contribution is -2.15. The van der Waals surface area contributed by atoms with E-state index in [1.54, 1.807) is 0 Å². The number of Topliss-reactive ketones (excluding diaryl/α,β-unsaturated/α-hetero) is 1. The summed E-state index contributed by atoms with van der Waals surface area (Å²) in [5.74, 6) is 1.41. The maximum atomic E-state index is 12.8. The fraction of sp³-hybridized carbons (Fsp3) is 0.588. The van der Waals surface area contributed by atoms with Gasteiger partial charge in [0.2, 0.25) is 0 Å². The molecule has 0 aromatic heterocycles. The second-order valence-electron chi connectivity index (χ2n) is 6.17. The molecule has 0 aliphatic heterocycles. The van der Waals surface area contributed by atoms with Gasteiger partial charge in [0.15, 0.2) is 17.3 Å². The number of carbonyl (C=O) groups is 1. The number of carbonyl (C=O) groups excluding carboxylic acids is 1. The molecule has 4 heteroatoms. The highest BCUT2D eigenvalue weighted by Crippen LogP contribution is 2.44. The SMILES string of the molecule is CCOc1cc(Br)c2c(c1OCC)C(=O)CC(C)(C)CC2. The van der Waals surface area contributed by atoms with Crippen molar-refractivity contribution in [3.8, 4) is 11.5 Å². The molecular formula is C17H23BrO3. The van der Waals surface area contributed by atoms with Gasteiger partial charge in [0.1, 0.15) is 0 Å². The molecule has 0 saturated heterocycles. The first-order chi connectivity index (χ1) is 9.89. The Kier molecular flexibility index (Phi) is 4.97. The van der Waals surface area contributed by atoms with Crippen LogP contribution in [0.2, 0.25) is 0 Å². The van der Waals surface area contributed by atoms with Crippen molar-refractivity contribution < 1.29 is 14.3 Å². The first kappa shape index (κ1) is 16.3. The van der Waals surface area contributed by atoms with E-state index in [0.29, 0.717) is 36.7 Å². The van der Waals surface area contributed by atoms with Crippen LogP contribution in [0.3, 0.4) is 0 Å². The van der Waals surface area contributed by atoms with Crippen molar-refractivity contribution in [3.63, 3.8) is 0 Å². The van der Waals surface area contributed by atoms with E-state index in [-0.39, 0.29) is 11.2 Å². The fourth-order valence-corrected chi connectivity index (χ4v) is 3.42. The topological polar surface area (TPSA) is 35.5 Å². The first-order valence-corrected chi connectivity index (χ1v) is 8.33. The molecule has 1 aliphatic carbocycles. The van der Waals surface area contributed by atoms with Crippen LogP contribution in [0.4, 0.5) is 0 Å². The Morgan fingerprint density at radius 1 is 1.24 bits per heavy atom. The van der Waals surface area contributed by atoms with Crippen LogP contribution >= 0.6 is 15.9 Å². The van der Waals surface area contributed by atoms with Crippen LogP contribution in [0, 0.1) is 5.41 Å². The maximum Gasteiger partial charge on any atom is 0.172 e. The zero-order chi connectivity index (χ0) is 15.6. The summed E-state index contributed by atoms with van der Waals surface area (Å²) in [5.41, 5.74) is 1.78. The second kappa shape index (κ2) is 6.39. The average Bonchev–Trinajstić information content (AvgIpc) is 2.51. The number of halogens is 1. The first-order valence-electron chi connectivity index (χ1n) is 7.53. The molecule has 21 heavy (non-hydrogen) atoms. The minimum atomic E-state index is 0.0187. The highest BCUT2D eigenvalue weighted by Gasteiger charge is 2.33. The average molecular weight is 355 g/mol. The number of benzene rings is 1. The van der Waals surface area contributed by atoms with Crippen molar-refractivity contribution in [3.05, 3.63) is 21.7 Å². The van der Waals surface area contributed by atoms with E-state index in [4.69, 9.17) is 9.47 Å². The van der Waals surface area contributed by atoms with Crippen molar-refractivity contribution in [1.29, 1.82) is 0 Å². The van der Waals surface area contributed by atoms with Crippen LogP contribution < -0.4 is 9.47 Å². The third-order valence-corrected chi connectivity index (χ3v) is 4.56. The van der Waals surface area contributed by atoms with Crippen LogP contribution in [0.15, 0.2) is 10.5 Å². The summed E-state index contributed by atoms with van der Waals surface area (Å²) in [7, 11) is 0. The quantitative estimate of drug-likeness (QED) is 0.729. The predicted octanol–water partition coefficient (Wildman–Crippen LogP) is 4.79. The summed E-state index contributed by atoms with van der Waals surface area (Å²) in [5, 5.41) is 0. The van der Waals surface area contributed by atoms with Crippen molar-refractivity contribution in [2.45, 2.75) is 47.0 Å². The molecule has 0 atom stereocenters. The second-order valence-corrected chi connectivity index (χ2v) is 7.02. The Morgan fingerprint density at radius 2 is 1.90 bits per heavy atom. The van der Waals surface area contributed by atoms with Crippen LogP contribution in [0.25, 0.3) is 0 Å². The molecule has 0 fully saturated rings. The van der Waals surface area contributed by atoms with Gasteiger partial charge in [0.25, 0.3) is 0 Å². The largest absolute Gasteiger partial charge is 0.490 e. The minimum absolute atomic E-state index is 0.0187. The summed E-state index contributed by atoms with van der Waals surface area (Å²) in [4.78, 5) is 12.8. The van der Waals surface area contributed by atoms with E-state index in [1.165, 1.54) is 0 Å². The Labute approximate surface area is 135 Å². The normalized spacial score (nSPS) is 17.1. The van der Waals surface area contributed by atoms with E-state index < -0.39 is 0 Å². The molecule has 1 aliphatic rings. The molecule has 0 saturated carbocycles. The van der Waals surface area contributed by atoms with E-state index in [0.717, 1.165) is 22.9 Å². The fourth-order valence-electron chi connectivity index (χ4n) is 2.81. The lowest BCUT2D eigenvalue weighted by Gasteiger charge is -2.20. The number of ketones is 1. The molecule has 0 heterocycles. The van der Waals surface area contributed by atoms with Gasteiger partial charge in [-0.05, 0) is 43.7 Å². The smallest absolute Gasteiger partial charge is 0.172 e. The highest BCUT2D eigenvalue weighted by molar-refractivity contribution is 9.10. The number of fused-ring (bicyclic) bond motifs is 1. The molecule has 3 nitrogen and oxygen atoms in total. The number of rotatable bonds is 4. The Bertz CT molecular complexity index is 549. The predicted molar refractivity (Wildman–Crippen MR) is 87.5 cm³/mol. The van der Waals surface area contributed by atoms with Crippen molar-refractivity contribution in [1.82, 2.24) is 0 Å². The third-order valence-electron chi connectivity index (χ3n) is 3.86. The van der Waals surface area contributed by atoms with Gasteiger partial charge in [-0.2, -0.15) is 0 Å². The van der Waals surface area contributed by atoms with E-state index in [2.05, 4.69) is 29.8 Å². The van der Waals surface area contributed by atoms with Gasteiger partial charge in [-0.3, -0.25) is 4.79 Å². The zero-order valence-electron chi connectivity index (χ0n) is 13.2.